The zero-order valence-electron chi connectivity index (χ0n) is 9.82. The largest absolute Gasteiger partial charge is 0.323 e. The molecule has 2 rings (SSSR count). The molecular formula is C13H11BrF2N2S. The summed E-state index contributed by atoms with van der Waals surface area (Å²) in [4.78, 5) is 4.20. The molecule has 1 aromatic heterocycles. The van der Waals surface area contributed by atoms with Gasteiger partial charge in [0.25, 0.3) is 0 Å². The molecule has 1 unspecified atom stereocenters. The van der Waals surface area contributed by atoms with Gasteiger partial charge in [-0.15, -0.1) is 11.8 Å². The first kappa shape index (κ1) is 14.4. The standard InChI is InChI=1S/C13H11BrF2N2S/c14-9-2-1-5-18-13(9)19-7-12(17)8-3-4-10(15)11(16)6-8/h1-6,12H,7,17H2. The maximum absolute atomic E-state index is 13.1. The number of thioether (sulfide) groups is 1. The molecule has 0 aliphatic carbocycles. The van der Waals surface area contributed by atoms with Crippen molar-refractivity contribution in [3.05, 3.63) is 58.2 Å². The van der Waals surface area contributed by atoms with E-state index in [4.69, 9.17) is 5.73 Å². The average Bonchev–Trinajstić information content (AvgIpc) is 2.40. The van der Waals surface area contributed by atoms with Crippen LogP contribution in [0.2, 0.25) is 0 Å². The van der Waals surface area contributed by atoms with Gasteiger partial charge in [0.15, 0.2) is 11.6 Å². The molecule has 0 aliphatic rings. The summed E-state index contributed by atoms with van der Waals surface area (Å²) in [5.41, 5.74) is 6.53. The van der Waals surface area contributed by atoms with Gasteiger partial charge in [-0.05, 0) is 45.8 Å². The second kappa shape index (κ2) is 6.45. The number of rotatable bonds is 4. The van der Waals surface area contributed by atoms with Crippen LogP contribution in [0.3, 0.4) is 0 Å². The van der Waals surface area contributed by atoms with Crippen molar-refractivity contribution in [3.63, 3.8) is 0 Å². The number of halogens is 3. The Bertz CT molecular complexity index is 580. The van der Waals surface area contributed by atoms with Gasteiger partial charge >= 0.3 is 0 Å². The predicted molar refractivity (Wildman–Crippen MR) is 75.9 cm³/mol. The van der Waals surface area contributed by atoms with E-state index in [1.54, 1.807) is 6.20 Å². The van der Waals surface area contributed by atoms with Gasteiger partial charge in [0, 0.05) is 22.5 Å². The molecule has 2 aromatic rings. The lowest BCUT2D eigenvalue weighted by atomic mass is 10.1. The SMILES string of the molecule is NC(CSc1ncccc1Br)c1ccc(F)c(F)c1. The maximum atomic E-state index is 13.1. The molecule has 0 bridgehead atoms. The van der Waals surface area contributed by atoms with Gasteiger partial charge in [0.2, 0.25) is 0 Å². The van der Waals surface area contributed by atoms with E-state index in [1.807, 2.05) is 12.1 Å². The summed E-state index contributed by atoms with van der Waals surface area (Å²) >= 11 is 4.85. The van der Waals surface area contributed by atoms with Gasteiger partial charge in [0.05, 0.1) is 0 Å². The molecule has 0 aliphatic heterocycles. The lowest BCUT2D eigenvalue weighted by molar-refractivity contribution is 0.506. The Balaban J connectivity index is 2.03. The summed E-state index contributed by atoms with van der Waals surface area (Å²) in [6.07, 6.45) is 1.69. The minimum absolute atomic E-state index is 0.381. The van der Waals surface area contributed by atoms with Crippen LogP contribution < -0.4 is 5.73 Å². The highest BCUT2D eigenvalue weighted by atomic mass is 79.9. The van der Waals surface area contributed by atoms with Crippen LogP contribution in [0.25, 0.3) is 0 Å². The van der Waals surface area contributed by atoms with Crippen molar-refractivity contribution >= 4 is 27.7 Å². The monoisotopic (exact) mass is 344 g/mol. The van der Waals surface area contributed by atoms with Crippen LogP contribution in [0.5, 0.6) is 0 Å². The molecule has 0 radical (unpaired) electrons. The number of nitrogens with two attached hydrogens (primary N) is 1. The highest BCUT2D eigenvalue weighted by molar-refractivity contribution is 9.10. The molecule has 0 amide bonds. The van der Waals surface area contributed by atoms with Crippen LogP contribution in [-0.2, 0) is 0 Å². The molecule has 2 N–H and O–H groups in total. The molecule has 6 heteroatoms. The fourth-order valence-electron chi connectivity index (χ4n) is 1.49. The Morgan fingerprint density at radius 2 is 2.05 bits per heavy atom. The molecule has 0 fully saturated rings. The minimum atomic E-state index is -0.878. The quantitative estimate of drug-likeness (QED) is 0.854. The van der Waals surface area contributed by atoms with Crippen molar-refractivity contribution in [3.8, 4) is 0 Å². The first-order valence-corrected chi connectivity index (χ1v) is 7.29. The van der Waals surface area contributed by atoms with E-state index in [9.17, 15) is 8.78 Å². The normalized spacial score (nSPS) is 12.4. The number of hydrogen-bond donors (Lipinski definition) is 1. The summed E-state index contributed by atoms with van der Waals surface area (Å²) < 4.78 is 26.8. The third-order valence-electron chi connectivity index (χ3n) is 2.50. The highest BCUT2D eigenvalue weighted by Gasteiger charge is 2.11. The van der Waals surface area contributed by atoms with Gasteiger partial charge in [-0.3, -0.25) is 0 Å². The second-order valence-corrected chi connectivity index (χ2v) is 5.74. The fourth-order valence-corrected chi connectivity index (χ4v) is 2.95. The van der Waals surface area contributed by atoms with E-state index in [1.165, 1.54) is 17.8 Å². The Morgan fingerprint density at radius 1 is 1.26 bits per heavy atom. The molecule has 0 saturated carbocycles. The van der Waals surface area contributed by atoms with Crippen LogP contribution in [0.1, 0.15) is 11.6 Å². The second-order valence-electron chi connectivity index (χ2n) is 3.88. The third-order valence-corrected chi connectivity index (χ3v) is 4.52. The fraction of sp³-hybridized carbons (Fsp3) is 0.154. The maximum Gasteiger partial charge on any atom is 0.159 e. The van der Waals surface area contributed by atoms with Crippen molar-refractivity contribution in [2.45, 2.75) is 11.1 Å². The molecule has 1 atom stereocenters. The molecule has 1 aromatic carbocycles. The van der Waals surface area contributed by atoms with Gasteiger partial charge in [-0.2, -0.15) is 0 Å². The average molecular weight is 345 g/mol. The summed E-state index contributed by atoms with van der Waals surface area (Å²) in [6, 6.07) is 7.05. The highest BCUT2D eigenvalue weighted by Crippen LogP contribution is 2.28. The Hall–Kier alpha value is -0.980. The van der Waals surface area contributed by atoms with E-state index >= 15 is 0 Å². The van der Waals surface area contributed by atoms with Crippen LogP contribution in [-0.4, -0.2) is 10.7 Å². The van der Waals surface area contributed by atoms with Gasteiger partial charge in [0.1, 0.15) is 5.03 Å². The lowest BCUT2D eigenvalue weighted by Gasteiger charge is -2.12. The van der Waals surface area contributed by atoms with Crippen LogP contribution in [0, 0.1) is 11.6 Å². The summed E-state index contributed by atoms with van der Waals surface area (Å²) in [5.74, 6) is -1.21. The molecule has 2 nitrogen and oxygen atoms in total. The smallest absolute Gasteiger partial charge is 0.159 e. The molecular weight excluding hydrogens is 334 g/mol. The van der Waals surface area contributed by atoms with Crippen LogP contribution >= 0.6 is 27.7 Å². The van der Waals surface area contributed by atoms with E-state index in [2.05, 4.69) is 20.9 Å². The van der Waals surface area contributed by atoms with Crippen molar-refractivity contribution < 1.29 is 8.78 Å². The molecule has 19 heavy (non-hydrogen) atoms. The summed E-state index contributed by atoms with van der Waals surface area (Å²) in [5, 5.41) is 0.820. The zero-order valence-corrected chi connectivity index (χ0v) is 12.2. The Kier molecular flexibility index (Phi) is 4.90. The Morgan fingerprint density at radius 3 is 2.74 bits per heavy atom. The van der Waals surface area contributed by atoms with Crippen molar-refractivity contribution in [2.24, 2.45) is 5.73 Å². The predicted octanol–water partition coefficient (Wildman–Crippen LogP) is 3.91. The topological polar surface area (TPSA) is 38.9 Å². The number of benzene rings is 1. The van der Waals surface area contributed by atoms with Gasteiger partial charge < -0.3 is 5.73 Å². The lowest BCUT2D eigenvalue weighted by Crippen LogP contribution is -2.13. The first-order chi connectivity index (χ1) is 9.08. The minimum Gasteiger partial charge on any atom is -0.323 e. The van der Waals surface area contributed by atoms with Crippen molar-refractivity contribution in [2.75, 3.05) is 5.75 Å². The zero-order chi connectivity index (χ0) is 13.8. The Labute approximate surface area is 122 Å². The third kappa shape index (κ3) is 3.75. The van der Waals surface area contributed by atoms with E-state index in [0.29, 0.717) is 11.3 Å². The molecule has 1 heterocycles. The van der Waals surface area contributed by atoms with E-state index < -0.39 is 11.6 Å². The number of aromatic nitrogens is 1. The van der Waals surface area contributed by atoms with E-state index in [-0.39, 0.29) is 6.04 Å². The number of hydrogen-bond acceptors (Lipinski definition) is 3. The first-order valence-electron chi connectivity index (χ1n) is 5.52. The molecule has 100 valence electrons. The summed E-state index contributed by atoms with van der Waals surface area (Å²) in [7, 11) is 0. The molecule has 0 spiro atoms. The van der Waals surface area contributed by atoms with Crippen molar-refractivity contribution in [1.82, 2.24) is 4.98 Å². The molecule has 0 saturated heterocycles. The van der Waals surface area contributed by atoms with Gasteiger partial charge in [-0.25, -0.2) is 13.8 Å². The summed E-state index contributed by atoms with van der Waals surface area (Å²) in [6.45, 7) is 0. The van der Waals surface area contributed by atoms with Gasteiger partial charge in [-0.1, -0.05) is 6.07 Å². The van der Waals surface area contributed by atoms with Crippen LogP contribution in [0.15, 0.2) is 46.0 Å². The van der Waals surface area contributed by atoms with Crippen molar-refractivity contribution in [1.29, 1.82) is 0 Å². The number of pyridine rings is 1. The van der Waals surface area contributed by atoms with E-state index in [0.717, 1.165) is 21.6 Å². The number of nitrogens with zero attached hydrogens (tertiary/aromatic N) is 1. The van der Waals surface area contributed by atoms with Crippen LogP contribution in [0.4, 0.5) is 8.78 Å².